The lowest BCUT2D eigenvalue weighted by Crippen LogP contribution is -2.37. The lowest BCUT2D eigenvalue weighted by atomic mass is 10.1. The van der Waals surface area contributed by atoms with Crippen molar-refractivity contribution in [1.82, 2.24) is 5.32 Å². The molecule has 1 unspecified atom stereocenters. The van der Waals surface area contributed by atoms with Crippen molar-refractivity contribution in [1.29, 1.82) is 0 Å². The zero-order valence-electron chi connectivity index (χ0n) is 10.4. The molecule has 4 heteroatoms. The average molecular weight is 239 g/mol. The molecule has 0 spiro atoms. The summed E-state index contributed by atoms with van der Waals surface area (Å²) in [7, 11) is 1.57. The second kappa shape index (κ2) is 6.35. The maximum atomic E-state index is 13.7. The summed E-state index contributed by atoms with van der Waals surface area (Å²) in [5.41, 5.74) is 0.553. The van der Waals surface area contributed by atoms with Gasteiger partial charge in [0.25, 0.3) is 5.91 Å². The molecule has 0 aliphatic carbocycles. The second-order valence-electron chi connectivity index (χ2n) is 3.97. The number of carbonyl (C=O) groups excluding carboxylic acids is 1. The molecule has 17 heavy (non-hydrogen) atoms. The minimum atomic E-state index is -0.461. The number of amides is 1. The molecule has 1 aromatic rings. The van der Waals surface area contributed by atoms with Crippen LogP contribution in [0.15, 0.2) is 18.2 Å². The second-order valence-corrected chi connectivity index (χ2v) is 3.97. The van der Waals surface area contributed by atoms with Gasteiger partial charge in [-0.3, -0.25) is 4.79 Å². The summed E-state index contributed by atoms with van der Waals surface area (Å²) < 4.78 is 18.7. The molecule has 0 heterocycles. The molecule has 1 N–H and O–H groups in total. The summed E-state index contributed by atoms with van der Waals surface area (Å²) in [5.74, 6) is -0.854. The predicted molar refractivity (Wildman–Crippen MR) is 64.6 cm³/mol. The van der Waals surface area contributed by atoms with E-state index in [-0.39, 0.29) is 11.6 Å². The van der Waals surface area contributed by atoms with Crippen LogP contribution in [0.25, 0.3) is 0 Å². The topological polar surface area (TPSA) is 38.3 Å². The van der Waals surface area contributed by atoms with Crippen molar-refractivity contribution in [3.8, 4) is 0 Å². The van der Waals surface area contributed by atoms with E-state index < -0.39 is 11.7 Å². The van der Waals surface area contributed by atoms with Gasteiger partial charge in [-0.2, -0.15) is 0 Å². The van der Waals surface area contributed by atoms with E-state index in [1.807, 2.05) is 6.92 Å². The van der Waals surface area contributed by atoms with Gasteiger partial charge in [-0.25, -0.2) is 4.39 Å². The van der Waals surface area contributed by atoms with Crippen LogP contribution in [0.1, 0.15) is 29.3 Å². The molecular weight excluding hydrogens is 221 g/mol. The zero-order valence-corrected chi connectivity index (χ0v) is 10.4. The molecule has 94 valence electrons. The van der Waals surface area contributed by atoms with Crippen LogP contribution in [0.4, 0.5) is 4.39 Å². The van der Waals surface area contributed by atoms with Gasteiger partial charge in [0, 0.05) is 7.11 Å². The summed E-state index contributed by atoms with van der Waals surface area (Å²) in [6.07, 6.45) is 0.743. The van der Waals surface area contributed by atoms with E-state index in [0.29, 0.717) is 12.2 Å². The minimum Gasteiger partial charge on any atom is -0.383 e. The molecule has 1 aromatic carbocycles. The third-order valence-corrected chi connectivity index (χ3v) is 2.63. The molecule has 0 radical (unpaired) electrons. The van der Waals surface area contributed by atoms with E-state index in [1.54, 1.807) is 26.2 Å². The summed E-state index contributed by atoms with van der Waals surface area (Å²) in [5, 5.41) is 2.75. The molecular formula is C13H18FNO2. The van der Waals surface area contributed by atoms with Crippen LogP contribution in [-0.4, -0.2) is 25.7 Å². The first-order chi connectivity index (χ1) is 8.10. The Morgan fingerprint density at radius 1 is 1.53 bits per heavy atom. The summed E-state index contributed by atoms with van der Waals surface area (Å²) in [4.78, 5) is 11.9. The molecule has 0 fully saturated rings. The summed E-state index contributed by atoms with van der Waals surface area (Å²) >= 11 is 0. The molecule has 1 rings (SSSR count). The Morgan fingerprint density at radius 2 is 2.24 bits per heavy atom. The fourth-order valence-corrected chi connectivity index (χ4v) is 1.55. The van der Waals surface area contributed by atoms with Crippen LogP contribution in [-0.2, 0) is 4.74 Å². The van der Waals surface area contributed by atoms with Crippen molar-refractivity contribution in [3.63, 3.8) is 0 Å². The number of benzene rings is 1. The van der Waals surface area contributed by atoms with Crippen molar-refractivity contribution in [2.75, 3.05) is 13.7 Å². The smallest absolute Gasteiger partial charge is 0.254 e. The predicted octanol–water partition coefficient (Wildman–Crippen LogP) is 2.29. The molecule has 0 aliphatic heterocycles. The normalized spacial score (nSPS) is 12.2. The van der Waals surface area contributed by atoms with Gasteiger partial charge in [0.05, 0.1) is 18.2 Å². The van der Waals surface area contributed by atoms with Gasteiger partial charge in [0.2, 0.25) is 0 Å². The number of aryl methyl sites for hydroxylation is 1. The zero-order chi connectivity index (χ0) is 12.8. The van der Waals surface area contributed by atoms with Crippen LogP contribution in [0.2, 0.25) is 0 Å². The Morgan fingerprint density at radius 3 is 2.82 bits per heavy atom. The number of carbonyl (C=O) groups is 1. The number of nitrogens with one attached hydrogen (secondary N) is 1. The maximum Gasteiger partial charge on any atom is 0.254 e. The summed E-state index contributed by atoms with van der Waals surface area (Å²) in [6.45, 7) is 4.00. The van der Waals surface area contributed by atoms with Crippen LogP contribution in [0, 0.1) is 12.7 Å². The minimum absolute atomic E-state index is 0.0829. The van der Waals surface area contributed by atoms with Crippen molar-refractivity contribution in [2.45, 2.75) is 26.3 Å². The highest BCUT2D eigenvalue weighted by Crippen LogP contribution is 2.12. The van der Waals surface area contributed by atoms with Gasteiger partial charge < -0.3 is 10.1 Å². The van der Waals surface area contributed by atoms with Gasteiger partial charge >= 0.3 is 0 Å². The Kier molecular flexibility index (Phi) is 5.10. The van der Waals surface area contributed by atoms with E-state index >= 15 is 0 Å². The van der Waals surface area contributed by atoms with E-state index in [0.717, 1.165) is 6.42 Å². The summed E-state index contributed by atoms with van der Waals surface area (Å²) in [6, 6.07) is 4.70. The molecule has 3 nitrogen and oxygen atoms in total. The number of hydrogen-bond acceptors (Lipinski definition) is 2. The van der Waals surface area contributed by atoms with Gasteiger partial charge in [-0.15, -0.1) is 0 Å². The van der Waals surface area contributed by atoms with Crippen LogP contribution >= 0.6 is 0 Å². The lowest BCUT2D eigenvalue weighted by molar-refractivity contribution is 0.0890. The number of rotatable bonds is 5. The fourth-order valence-electron chi connectivity index (χ4n) is 1.55. The van der Waals surface area contributed by atoms with Crippen LogP contribution < -0.4 is 5.32 Å². The SMILES string of the molecule is CCC(COC)NC(=O)c1cccc(C)c1F. The Hall–Kier alpha value is -1.42. The van der Waals surface area contributed by atoms with E-state index in [2.05, 4.69) is 5.32 Å². The quantitative estimate of drug-likeness (QED) is 0.856. The third-order valence-electron chi connectivity index (χ3n) is 2.63. The highest BCUT2D eigenvalue weighted by Gasteiger charge is 2.16. The van der Waals surface area contributed by atoms with Crippen molar-refractivity contribution >= 4 is 5.91 Å². The van der Waals surface area contributed by atoms with Crippen LogP contribution in [0.3, 0.4) is 0 Å². The molecule has 1 atom stereocenters. The first kappa shape index (κ1) is 13.6. The van der Waals surface area contributed by atoms with Gasteiger partial charge in [0.15, 0.2) is 0 Å². The Bertz CT molecular complexity index is 393. The maximum absolute atomic E-state index is 13.7. The molecule has 0 aromatic heterocycles. The van der Waals surface area contributed by atoms with E-state index in [4.69, 9.17) is 4.74 Å². The molecule has 0 bridgehead atoms. The number of halogens is 1. The average Bonchev–Trinajstić information content (AvgIpc) is 2.31. The van der Waals surface area contributed by atoms with Crippen LogP contribution in [0.5, 0.6) is 0 Å². The van der Waals surface area contributed by atoms with Crippen molar-refractivity contribution < 1.29 is 13.9 Å². The molecule has 0 aliphatic rings. The standard InChI is InChI=1S/C13H18FNO2/c1-4-10(8-17-3)15-13(16)11-7-5-6-9(2)12(11)14/h5-7,10H,4,8H2,1-3H3,(H,15,16). The van der Waals surface area contributed by atoms with E-state index in [1.165, 1.54) is 6.07 Å². The highest BCUT2D eigenvalue weighted by molar-refractivity contribution is 5.94. The fraction of sp³-hybridized carbons (Fsp3) is 0.462. The number of methoxy groups -OCH3 is 1. The number of hydrogen-bond donors (Lipinski definition) is 1. The number of ether oxygens (including phenoxy) is 1. The molecule has 0 saturated carbocycles. The largest absolute Gasteiger partial charge is 0.383 e. The highest BCUT2D eigenvalue weighted by atomic mass is 19.1. The van der Waals surface area contributed by atoms with Gasteiger partial charge in [0.1, 0.15) is 5.82 Å². The van der Waals surface area contributed by atoms with Gasteiger partial charge in [-0.1, -0.05) is 19.1 Å². The van der Waals surface area contributed by atoms with Gasteiger partial charge in [-0.05, 0) is 25.0 Å². The Labute approximate surface area is 101 Å². The lowest BCUT2D eigenvalue weighted by Gasteiger charge is -2.16. The van der Waals surface area contributed by atoms with Crippen molar-refractivity contribution in [2.24, 2.45) is 0 Å². The molecule has 0 saturated heterocycles. The van der Waals surface area contributed by atoms with E-state index in [9.17, 15) is 9.18 Å². The first-order valence-corrected chi connectivity index (χ1v) is 5.65. The third kappa shape index (κ3) is 3.53. The first-order valence-electron chi connectivity index (χ1n) is 5.65. The monoisotopic (exact) mass is 239 g/mol. The Balaban J connectivity index is 2.79. The van der Waals surface area contributed by atoms with Crippen molar-refractivity contribution in [3.05, 3.63) is 35.1 Å². The molecule has 1 amide bonds.